The highest BCUT2D eigenvalue weighted by atomic mass is 35.5. The Kier molecular flexibility index (Phi) is 4.48. The van der Waals surface area contributed by atoms with Crippen LogP contribution in [0.4, 0.5) is 24.5 Å². The predicted octanol–water partition coefficient (Wildman–Crippen LogP) is 5.50. The third kappa shape index (κ3) is 3.26. The highest BCUT2D eigenvalue weighted by Gasteiger charge is 2.31. The lowest BCUT2D eigenvalue weighted by Crippen LogP contribution is -2.04. The molecule has 9 heteroatoms. The van der Waals surface area contributed by atoms with Gasteiger partial charge >= 0.3 is 6.18 Å². The number of anilines is 1. The number of nitrogens with one attached hydrogen (secondary N) is 1. The monoisotopic (exact) mass is 350 g/mol. The van der Waals surface area contributed by atoms with E-state index in [4.69, 9.17) is 23.4 Å². The van der Waals surface area contributed by atoms with Crippen molar-refractivity contribution in [3.63, 3.8) is 0 Å². The molecule has 2 rings (SSSR count). The van der Waals surface area contributed by atoms with Gasteiger partial charge in [0.1, 0.15) is 5.69 Å². The quantitative estimate of drug-likeness (QED) is 0.451. The molecule has 0 aliphatic heterocycles. The average molecular weight is 351 g/mol. The fourth-order valence-electron chi connectivity index (χ4n) is 1.86. The van der Waals surface area contributed by atoms with Crippen molar-refractivity contribution in [3.8, 4) is 11.1 Å². The Morgan fingerprint density at radius 2 is 1.82 bits per heavy atom. The lowest BCUT2D eigenvalue weighted by molar-refractivity contribution is -0.383. The van der Waals surface area contributed by atoms with Gasteiger partial charge in [0.15, 0.2) is 0 Å². The number of hydrogen-bond donors (Lipinski definition) is 1. The molecule has 22 heavy (non-hydrogen) atoms. The normalized spacial score (nSPS) is 11.3. The van der Waals surface area contributed by atoms with E-state index in [9.17, 15) is 23.3 Å². The highest BCUT2D eigenvalue weighted by molar-refractivity contribution is 6.33. The van der Waals surface area contributed by atoms with Crippen molar-refractivity contribution >= 4 is 34.8 Å². The van der Waals surface area contributed by atoms with Crippen molar-refractivity contribution in [3.05, 3.63) is 57.1 Å². The number of rotatable bonds is 3. The number of nitrogens with zero attached hydrogens (tertiary/aromatic N) is 1. The standard InChI is InChI=1S/C13H7Cl2F3N2O2/c14-10-6-8(13(16,17)18)2-3-9(10)7-1-4-11(19-15)12(5-7)20(21)22/h1-6,19H. The smallest absolute Gasteiger partial charge is 0.292 e. The minimum Gasteiger partial charge on any atom is -0.292 e. The summed E-state index contributed by atoms with van der Waals surface area (Å²) in [5.74, 6) is 0. The zero-order chi connectivity index (χ0) is 16.5. The first kappa shape index (κ1) is 16.4. The van der Waals surface area contributed by atoms with Crippen molar-refractivity contribution in [1.29, 1.82) is 0 Å². The molecular formula is C13H7Cl2F3N2O2. The summed E-state index contributed by atoms with van der Waals surface area (Å²) in [6.45, 7) is 0. The second kappa shape index (κ2) is 6.02. The van der Waals surface area contributed by atoms with Crippen LogP contribution in [-0.4, -0.2) is 4.92 Å². The molecule has 0 heterocycles. The first-order valence-corrected chi connectivity index (χ1v) is 6.52. The Morgan fingerprint density at radius 3 is 2.32 bits per heavy atom. The zero-order valence-corrected chi connectivity index (χ0v) is 12.1. The van der Waals surface area contributed by atoms with Crippen molar-refractivity contribution in [2.75, 3.05) is 4.84 Å². The number of halogens is 5. The second-order valence-electron chi connectivity index (χ2n) is 4.28. The highest BCUT2D eigenvalue weighted by Crippen LogP contribution is 2.37. The van der Waals surface area contributed by atoms with Crippen molar-refractivity contribution in [2.45, 2.75) is 6.18 Å². The molecule has 0 amide bonds. The summed E-state index contributed by atoms with van der Waals surface area (Å²) in [5.41, 5.74) is -0.586. The zero-order valence-electron chi connectivity index (χ0n) is 10.6. The fourth-order valence-corrected chi connectivity index (χ4v) is 2.31. The number of hydrogen-bond acceptors (Lipinski definition) is 3. The van der Waals surface area contributed by atoms with Crippen LogP contribution in [0, 0.1) is 10.1 Å². The molecule has 2 aromatic rings. The Bertz CT molecular complexity index is 736. The Balaban J connectivity index is 2.53. The van der Waals surface area contributed by atoms with Crippen LogP contribution >= 0.6 is 23.4 Å². The number of nitro benzene ring substituents is 1. The van der Waals surface area contributed by atoms with E-state index in [1.54, 1.807) is 0 Å². The van der Waals surface area contributed by atoms with E-state index in [1.165, 1.54) is 18.2 Å². The van der Waals surface area contributed by atoms with E-state index < -0.39 is 16.7 Å². The minimum atomic E-state index is -4.51. The molecule has 0 saturated carbocycles. The van der Waals surface area contributed by atoms with Gasteiger partial charge in [-0.15, -0.1) is 0 Å². The predicted molar refractivity (Wildman–Crippen MR) is 78.0 cm³/mol. The first-order chi connectivity index (χ1) is 10.2. The van der Waals surface area contributed by atoms with E-state index in [1.807, 2.05) is 0 Å². The minimum absolute atomic E-state index is 0.0680. The van der Waals surface area contributed by atoms with Crippen LogP contribution in [-0.2, 0) is 6.18 Å². The first-order valence-electron chi connectivity index (χ1n) is 5.76. The summed E-state index contributed by atoms with van der Waals surface area (Å²) < 4.78 is 37.8. The lowest BCUT2D eigenvalue weighted by atomic mass is 10.0. The summed E-state index contributed by atoms with van der Waals surface area (Å²) in [6.07, 6.45) is -4.51. The Morgan fingerprint density at radius 1 is 1.14 bits per heavy atom. The van der Waals surface area contributed by atoms with Crippen LogP contribution in [0.15, 0.2) is 36.4 Å². The maximum absolute atomic E-state index is 12.6. The summed E-state index contributed by atoms with van der Waals surface area (Å²) >= 11 is 11.2. The van der Waals surface area contributed by atoms with Gasteiger partial charge in [0, 0.05) is 28.4 Å². The number of alkyl halides is 3. The Labute approximate surface area is 132 Å². The summed E-state index contributed by atoms with van der Waals surface area (Å²) in [5, 5.41) is 10.8. The molecule has 0 radical (unpaired) electrons. The van der Waals surface area contributed by atoms with Crippen molar-refractivity contribution < 1.29 is 18.1 Å². The summed E-state index contributed by atoms with van der Waals surface area (Å²) in [4.78, 5) is 12.4. The topological polar surface area (TPSA) is 55.2 Å². The third-order valence-electron chi connectivity index (χ3n) is 2.90. The van der Waals surface area contributed by atoms with Crippen molar-refractivity contribution in [2.24, 2.45) is 0 Å². The molecule has 0 spiro atoms. The Hall–Kier alpha value is -1.99. The molecule has 0 aromatic heterocycles. The fraction of sp³-hybridized carbons (Fsp3) is 0.0769. The molecule has 4 nitrogen and oxygen atoms in total. The van der Waals surface area contributed by atoms with Gasteiger partial charge in [0.2, 0.25) is 0 Å². The molecule has 0 saturated heterocycles. The molecular weight excluding hydrogens is 344 g/mol. The van der Waals surface area contributed by atoms with Gasteiger partial charge in [-0.2, -0.15) is 13.2 Å². The summed E-state index contributed by atoms with van der Waals surface area (Å²) in [7, 11) is 0. The van der Waals surface area contributed by atoms with Gasteiger partial charge in [-0.3, -0.25) is 15.0 Å². The molecule has 0 bridgehead atoms. The van der Waals surface area contributed by atoms with Gasteiger partial charge in [0.05, 0.1) is 10.5 Å². The van der Waals surface area contributed by atoms with Crippen LogP contribution in [0.1, 0.15) is 5.56 Å². The van der Waals surface area contributed by atoms with Gasteiger partial charge in [-0.1, -0.05) is 23.7 Å². The van der Waals surface area contributed by atoms with Crippen LogP contribution in [0.2, 0.25) is 5.02 Å². The maximum Gasteiger partial charge on any atom is 0.416 e. The maximum atomic E-state index is 12.6. The van der Waals surface area contributed by atoms with E-state index in [0.29, 0.717) is 5.56 Å². The largest absolute Gasteiger partial charge is 0.416 e. The van der Waals surface area contributed by atoms with Gasteiger partial charge in [-0.05, 0) is 23.8 Å². The molecule has 0 fully saturated rings. The van der Waals surface area contributed by atoms with Gasteiger partial charge in [-0.25, -0.2) is 0 Å². The molecule has 0 aliphatic carbocycles. The molecule has 2 aromatic carbocycles. The molecule has 0 unspecified atom stereocenters. The van der Waals surface area contributed by atoms with Crippen LogP contribution < -0.4 is 4.84 Å². The van der Waals surface area contributed by atoms with E-state index in [-0.39, 0.29) is 22.0 Å². The van der Waals surface area contributed by atoms with E-state index >= 15 is 0 Å². The third-order valence-corrected chi connectivity index (χ3v) is 3.42. The van der Waals surface area contributed by atoms with Gasteiger partial charge in [0.25, 0.3) is 5.69 Å². The molecule has 0 atom stereocenters. The number of nitro groups is 1. The molecule has 116 valence electrons. The summed E-state index contributed by atoms with van der Waals surface area (Å²) in [6, 6.07) is 6.79. The second-order valence-corrected chi connectivity index (χ2v) is 4.87. The van der Waals surface area contributed by atoms with E-state index in [2.05, 4.69) is 4.84 Å². The number of benzene rings is 2. The average Bonchev–Trinajstić information content (AvgIpc) is 2.45. The lowest BCUT2D eigenvalue weighted by Gasteiger charge is -2.10. The van der Waals surface area contributed by atoms with Crippen LogP contribution in [0.3, 0.4) is 0 Å². The van der Waals surface area contributed by atoms with Gasteiger partial charge < -0.3 is 0 Å². The van der Waals surface area contributed by atoms with Crippen molar-refractivity contribution in [1.82, 2.24) is 0 Å². The van der Waals surface area contributed by atoms with Crippen LogP contribution in [0.25, 0.3) is 11.1 Å². The van der Waals surface area contributed by atoms with E-state index in [0.717, 1.165) is 18.2 Å². The van der Waals surface area contributed by atoms with Crippen LogP contribution in [0.5, 0.6) is 0 Å². The molecule has 0 aliphatic rings. The molecule has 1 N–H and O–H groups in total. The SMILES string of the molecule is O=[N+]([O-])c1cc(-c2ccc(C(F)(F)F)cc2Cl)ccc1NCl.